The Morgan fingerprint density at radius 1 is 1.03 bits per heavy atom. The highest BCUT2D eigenvalue weighted by molar-refractivity contribution is 5.97. The number of unbranched alkanes of at least 4 members (excludes halogenated alkanes) is 1. The van der Waals surface area contributed by atoms with Gasteiger partial charge in [0.05, 0.1) is 6.04 Å². The SMILES string of the molecule is CCCCN(C(C)=O)C(=O)C(C(C)C)N(Cc1ccccc1)Cc1ccccc1N=[N+]=[N-]. The highest BCUT2D eigenvalue weighted by Gasteiger charge is 2.34. The normalized spacial score (nSPS) is 11.8. The second-order valence-corrected chi connectivity index (χ2v) is 8.26. The molecule has 1 atom stereocenters. The number of imide groups is 1. The smallest absolute Gasteiger partial charge is 0.246 e. The van der Waals surface area contributed by atoms with E-state index in [1.54, 1.807) is 6.07 Å². The van der Waals surface area contributed by atoms with Crippen molar-refractivity contribution in [2.75, 3.05) is 6.54 Å². The maximum absolute atomic E-state index is 13.6. The van der Waals surface area contributed by atoms with Crippen molar-refractivity contribution < 1.29 is 9.59 Å². The lowest BCUT2D eigenvalue weighted by Crippen LogP contribution is -2.52. The van der Waals surface area contributed by atoms with E-state index in [1.165, 1.54) is 11.8 Å². The number of carbonyl (C=O) groups is 2. The Morgan fingerprint density at radius 3 is 2.28 bits per heavy atom. The van der Waals surface area contributed by atoms with Crippen LogP contribution in [0.3, 0.4) is 0 Å². The summed E-state index contributed by atoms with van der Waals surface area (Å²) in [4.78, 5) is 32.4. The fourth-order valence-corrected chi connectivity index (χ4v) is 3.84. The zero-order valence-corrected chi connectivity index (χ0v) is 19.4. The van der Waals surface area contributed by atoms with E-state index in [-0.39, 0.29) is 17.7 Å². The number of hydrogen-bond donors (Lipinski definition) is 0. The van der Waals surface area contributed by atoms with Gasteiger partial charge in [-0.2, -0.15) is 0 Å². The highest BCUT2D eigenvalue weighted by atomic mass is 16.2. The molecule has 7 nitrogen and oxygen atoms in total. The Labute approximate surface area is 190 Å². The number of benzene rings is 2. The molecule has 0 radical (unpaired) electrons. The van der Waals surface area contributed by atoms with Crippen LogP contribution < -0.4 is 0 Å². The van der Waals surface area contributed by atoms with Gasteiger partial charge in [0.15, 0.2) is 0 Å². The number of amides is 2. The predicted molar refractivity (Wildman–Crippen MR) is 127 cm³/mol. The number of azide groups is 1. The van der Waals surface area contributed by atoms with Gasteiger partial charge in [-0.3, -0.25) is 19.4 Å². The number of carbonyl (C=O) groups excluding carboxylic acids is 2. The van der Waals surface area contributed by atoms with Crippen LogP contribution in [0, 0.1) is 5.92 Å². The Hall–Kier alpha value is -3.15. The van der Waals surface area contributed by atoms with Gasteiger partial charge in [-0.15, -0.1) is 0 Å². The molecule has 0 fully saturated rings. The predicted octanol–water partition coefficient (Wildman–Crippen LogP) is 5.83. The molecule has 0 saturated carbocycles. The van der Waals surface area contributed by atoms with E-state index < -0.39 is 6.04 Å². The van der Waals surface area contributed by atoms with Gasteiger partial charge in [0.2, 0.25) is 11.8 Å². The van der Waals surface area contributed by atoms with Crippen LogP contribution in [0.15, 0.2) is 59.7 Å². The molecule has 0 bridgehead atoms. The molecule has 1 unspecified atom stereocenters. The summed E-state index contributed by atoms with van der Waals surface area (Å²) in [6.45, 7) is 8.84. The minimum absolute atomic E-state index is 0.0266. The topological polar surface area (TPSA) is 89.4 Å². The zero-order chi connectivity index (χ0) is 23.5. The number of nitrogens with zero attached hydrogens (tertiary/aromatic N) is 5. The van der Waals surface area contributed by atoms with Gasteiger partial charge in [-0.1, -0.05) is 86.9 Å². The van der Waals surface area contributed by atoms with Gasteiger partial charge in [0, 0.05) is 37.2 Å². The molecule has 32 heavy (non-hydrogen) atoms. The summed E-state index contributed by atoms with van der Waals surface area (Å²) in [5, 5.41) is 3.82. The van der Waals surface area contributed by atoms with Gasteiger partial charge in [0.25, 0.3) is 0 Å². The molecule has 0 saturated heterocycles. The molecule has 0 aliphatic rings. The molecular formula is C25H33N5O2. The van der Waals surface area contributed by atoms with Crippen molar-refractivity contribution in [2.24, 2.45) is 11.0 Å². The summed E-state index contributed by atoms with van der Waals surface area (Å²) >= 11 is 0. The highest BCUT2D eigenvalue weighted by Crippen LogP contribution is 2.26. The Bertz CT molecular complexity index is 938. The summed E-state index contributed by atoms with van der Waals surface area (Å²) < 4.78 is 0. The summed E-state index contributed by atoms with van der Waals surface area (Å²) in [6, 6.07) is 16.8. The van der Waals surface area contributed by atoms with E-state index in [9.17, 15) is 9.59 Å². The van der Waals surface area contributed by atoms with Crippen molar-refractivity contribution in [3.63, 3.8) is 0 Å². The quantitative estimate of drug-likeness (QED) is 0.253. The molecule has 0 spiro atoms. The summed E-state index contributed by atoms with van der Waals surface area (Å²) in [5.41, 5.74) is 11.4. The lowest BCUT2D eigenvalue weighted by atomic mass is 9.98. The average Bonchev–Trinajstić information content (AvgIpc) is 2.76. The molecule has 2 aromatic carbocycles. The minimum Gasteiger partial charge on any atom is -0.283 e. The molecule has 7 heteroatoms. The fraction of sp³-hybridized carbons (Fsp3) is 0.440. The van der Waals surface area contributed by atoms with Gasteiger partial charge < -0.3 is 0 Å². The van der Waals surface area contributed by atoms with Crippen LogP contribution in [-0.4, -0.2) is 34.2 Å². The summed E-state index contributed by atoms with van der Waals surface area (Å²) in [6.07, 6.45) is 1.67. The van der Waals surface area contributed by atoms with Crippen LogP contribution in [0.1, 0.15) is 51.7 Å². The fourth-order valence-electron chi connectivity index (χ4n) is 3.84. The van der Waals surface area contributed by atoms with E-state index in [0.29, 0.717) is 25.3 Å². The Kier molecular flexibility index (Phi) is 9.92. The van der Waals surface area contributed by atoms with E-state index in [1.807, 2.05) is 69.3 Å². The number of hydrogen-bond acceptors (Lipinski definition) is 4. The first-order chi connectivity index (χ1) is 15.4. The second kappa shape index (κ2) is 12.6. The van der Waals surface area contributed by atoms with Crippen molar-refractivity contribution in [1.29, 1.82) is 0 Å². The van der Waals surface area contributed by atoms with Gasteiger partial charge in [-0.05, 0) is 29.0 Å². The molecule has 2 aromatic rings. The van der Waals surface area contributed by atoms with Gasteiger partial charge in [0.1, 0.15) is 0 Å². The number of rotatable bonds is 11. The van der Waals surface area contributed by atoms with Crippen LogP contribution in [0.4, 0.5) is 5.69 Å². The molecule has 0 heterocycles. The third-order valence-corrected chi connectivity index (χ3v) is 5.41. The first-order valence-corrected chi connectivity index (χ1v) is 11.1. The summed E-state index contributed by atoms with van der Waals surface area (Å²) in [5.74, 6) is -0.442. The lowest BCUT2D eigenvalue weighted by Gasteiger charge is -2.36. The third-order valence-electron chi connectivity index (χ3n) is 5.41. The van der Waals surface area contributed by atoms with Gasteiger partial charge >= 0.3 is 0 Å². The lowest BCUT2D eigenvalue weighted by molar-refractivity contribution is -0.148. The second-order valence-electron chi connectivity index (χ2n) is 8.26. The molecule has 2 rings (SSSR count). The maximum atomic E-state index is 13.6. The standard InChI is InChI=1S/C25H33N5O2/c1-5-6-16-30(20(4)31)25(32)24(19(2)3)29(17-21-12-8-7-9-13-21)18-22-14-10-11-15-23(22)27-28-26/h7-15,19,24H,5-6,16-18H2,1-4H3. The van der Waals surface area contributed by atoms with Crippen LogP contribution in [-0.2, 0) is 22.7 Å². The zero-order valence-electron chi connectivity index (χ0n) is 19.4. The molecule has 0 N–H and O–H groups in total. The molecule has 0 aromatic heterocycles. The van der Waals surface area contributed by atoms with E-state index in [0.717, 1.165) is 24.0 Å². The monoisotopic (exact) mass is 435 g/mol. The molecule has 2 amide bonds. The van der Waals surface area contributed by atoms with Crippen molar-refractivity contribution in [3.05, 3.63) is 76.2 Å². The largest absolute Gasteiger partial charge is 0.283 e. The Balaban J connectivity index is 2.47. The van der Waals surface area contributed by atoms with Crippen molar-refractivity contribution >= 4 is 17.5 Å². The average molecular weight is 436 g/mol. The molecule has 170 valence electrons. The van der Waals surface area contributed by atoms with E-state index in [2.05, 4.69) is 14.9 Å². The first-order valence-electron chi connectivity index (χ1n) is 11.1. The Morgan fingerprint density at radius 2 is 1.69 bits per heavy atom. The van der Waals surface area contributed by atoms with Crippen molar-refractivity contribution in [1.82, 2.24) is 9.80 Å². The summed E-state index contributed by atoms with van der Waals surface area (Å²) in [7, 11) is 0. The van der Waals surface area contributed by atoms with E-state index in [4.69, 9.17) is 5.53 Å². The van der Waals surface area contributed by atoms with Crippen molar-refractivity contribution in [2.45, 2.75) is 59.7 Å². The van der Waals surface area contributed by atoms with Crippen molar-refractivity contribution in [3.8, 4) is 0 Å². The minimum atomic E-state index is -0.505. The van der Waals surface area contributed by atoms with Crippen LogP contribution in [0.2, 0.25) is 0 Å². The molecular weight excluding hydrogens is 402 g/mol. The maximum Gasteiger partial charge on any atom is 0.246 e. The first kappa shape index (κ1) is 25.1. The van der Waals surface area contributed by atoms with Gasteiger partial charge in [-0.25, -0.2) is 0 Å². The van der Waals surface area contributed by atoms with Crippen LogP contribution >= 0.6 is 0 Å². The van der Waals surface area contributed by atoms with Crippen LogP contribution in [0.25, 0.3) is 10.4 Å². The van der Waals surface area contributed by atoms with Crippen LogP contribution in [0.5, 0.6) is 0 Å². The molecule has 0 aliphatic carbocycles. The third kappa shape index (κ3) is 6.94. The van der Waals surface area contributed by atoms with E-state index >= 15 is 0 Å². The molecule has 0 aliphatic heterocycles.